The molecule has 0 radical (unpaired) electrons. The van der Waals surface area contributed by atoms with E-state index < -0.39 is 0 Å². The van der Waals surface area contributed by atoms with Crippen molar-refractivity contribution in [1.82, 2.24) is 5.32 Å². The molecule has 2 fully saturated rings. The predicted octanol–water partition coefficient (Wildman–Crippen LogP) is 3.34. The molecule has 2 saturated carbocycles. The average molecular weight is 195 g/mol. The number of hydrogen-bond donors (Lipinski definition) is 1. The Hall–Kier alpha value is -0.0400. The molecule has 0 aromatic heterocycles. The maximum absolute atomic E-state index is 3.77. The van der Waals surface area contributed by atoms with E-state index in [0.717, 1.165) is 12.0 Å². The van der Waals surface area contributed by atoms with E-state index in [1.807, 2.05) is 0 Å². The van der Waals surface area contributed by atoms with E-state index in [1.165, 1.54) is 51.5 Å². The van der Waals surface area contributed by atoms with Gasteiger partial charge in [-0.2, -0.15) is 0 Å². The van der Waals surface area contributed by atoms with Crippen LogP contribution in [0.25, 0.3) is 0 Å². The Morgan fingerprint density at radius 2 is 2.07 bits per heavy atom. The molecule has 14 heavy (non-hydrogen) atoms. The maximum atomic E-state index is 3.77. The van der Waals surface area contributed by atoms with Gasteiger partial charge in [0.25, 0.3) is 0 Å². The van der Waals surface area contributed by atoms with Crippen molar-refractivity contribution in [2.75, 3.05) is 6.54 Å². The summed E-state index contributed by atoms with van der Waals surface area (Å²) in [6.45, 7) is 5.98. The third-order valence-electron chi connectivity index (χ3n) is 4.32. The van der Waals surface area contributed by atoms with Crippen LogP contribution in [0.1, 0.15) is 58.8 Å². The van der Waals surface area contributed by atoms with Crippen LogP contribution in [-0.2, 0) is 0 Å². The van der Waals surface area contributed by atoms with Crippen LogP contribution in [0.5, 0.6) is 0 Å². The smallest absolute Gasteiger partial charge is 0.00672 e. The van der Waals surface area contributed by atoms with Crippen molar-refractivity contribution < 1.29 is 0 Å². The molecular formula is C13H25N. The van der Waals surface area contributed by atoms with Gasteiger partial charge in [-0.25, -0.2) is 0 Å². The Labute approximate surface area is 88.7 Å². The van der Waals surface area contributed by atoms with E-state index >= 15 is 0 Å². The van der Waals surface area contributed by atoms with Crippen molar-refractivity contribution >= 4 is 0 Å². The first-order chi connectivity index (χ1) is 6.76. The summed E-state index contributed by atoms with van der Waals surface area (Å²) >= 11 is 0. The van der Waals surface area contributed by atoms with Gasteiger partial charge in [0.15, 0.2) is 0 Å². The van der Waals surface area contributed by atoms with Crippen LogP contribution in [0.15, 0.2) is 0 Å². The summed E-state index contributed by atoms with van der Waals surface area (Å²) in [5.41, 5.74) is 0.706. The fourth-order valence-electron chi connectivity index (χ4n) is 2.86. The molecule has 0 aromatic carbocycles. The molecule has 0 spiro atoms. The zero-order valence-electron chi connectivity index (χ0n) is 9.81. The highest BCUT2D eigenvalue weighted by molar-refractivity contribution is 4.91. The minimum atomic E-state index is 0.706. The SMILES string of the molecule is CCCC1(CNC(C)C2CC2)CCC1. The van der Waals surface area contributed by atoms with Gasteiger partial charge in [0.1, 0.15) is 0 Å². The molecule has 0 bridgehead atoms. The lowest BCUT2D eigenvalue weighted by molar-refractivity contribution is 0.110. The van der Waals surface area contributed by atoms with Gasteiger partial charge in [-0.15, -0.1) is 0 Å². The highest BCUT2D eigenvalue weighted by Crippen LogP contribution is 2.44. The second-order valence-corrected chi connectivity index (χ2v) is 5.61. The highest BCUT2D eigenvalue weighted by atomic mass is 14.9. The second-order valence-electron chi connectivity index (χ2n) is 5.61. The summed E-state index contributed by atoms with van der Waals surface area (Å²) in [6, 6.07) is 0.782. The van der Waals surface area contributed by atoms with Crippen LogP contribution in [0.3, 0.4) is 0 Å². The van der Waals surface area contributed by atoms with Gasteiger partial charge < -0.3 is 5.32 Å². The molecule has 0 saturated heterocycles. The van der Waals surface area contributed by atoms with Crippen molar-refractivity contribution in [3.63, 3.8) is 0 Å². The van der Waals surface area contributed by atoms with Crippen LogP contribution in [0.4, 0.5) is 0 Å². The zero-order chi connectivity index (χ0) is 10.0. The predicted molar refractivity (Wildman–Crippen MR) is 61.4 cm³/mol. The minimum Gasteiger partial charge on any atom is -0.313 e. The molecule has 1 nitrogen and oxygen atoms in total. The number of rotatable bonds is 6. The van der Waals surface area contributed by atoms with Gasteiger partial charge in [0.2, 0.25) is 0 Å². The molecule has 0 amide bonds. The summed E-state index contributed by atoms with van der Waals surface area (Å²) in [4.78, 5) is 0. The van der Waals surface area contributed by atoms with Crippen LogP contribution in [0.2, 0.25) is 0 Å². The van der Waals surface area contributed by atoms with Gasteiger partial charge in [0, 0.05) is 12.6 Å². The van der Waals surface area contributed by atoms with Crippen molar-refractivity contribution in [3.05, 3.63) is 0 Å². The molecule has 1 unspecified atom stereocenters. The lowest BCUT2D eigenvalue weighted by Gasteiger charge is -2.43. The molecule has 2 rings (SSSR count). The molecule has 0 aromatic rings. The Balaban J connectivity index is 1.71. The van der Waals surface area contributed by atoms with Crippen molar-refractivity contribution in [3.8, 4) is 0 Å². The molecule has 2 aliphatic carbocycles. The van der Waals surface area contributed by atoms with Gasteiger partial charge in [-0.1, -0.05) is 19.8 Å². The minimum absolute atomic E-state index is 0.706. The van der Waals surface area contributed by atoms with Gasteiger partial charge in [-0.3, -0.25) is 0 Å². The standard InChI is InChI=1S/C13H25N/c1-3-7-13(8-4-9-13)10-14-11(2)12-5-6-12/h11-12,14H,3-10H2,1-2H3. The quantitative estimate of drug-likeness (QED) is 0.685. The normalized spacial score (nSPS) is 27.0. The second kappa shape index (κ2) is 4.22. The third kappa shape index (κ3) is 2.31. The van der Waals surface area contributed by atoms with E-state index in [9.17, 15) is 0 Å². The van der Waals surface area contributed by atoms with Crippen molar-refractivity contribution in [2.45, 2.75) is 64.8 Å². The maximum Gasteiger partial charge on any atom is 0.00672 e. The van der Waals surface area contributed by atoms with Gasteiger partial charge in [0.05, 0.1) is 0 Å². The van der Waals surface area contributed by atoms with Gasteiger partial charge in [-0.05, 0) is 50.4 Å². The summed E-state index contributed by atoms with van der Waals surface area (Å²) in [5.74, 6) is 1.01. The van der Waals surface area contributed by atoms with Gasteiger partial charge >= 0.3 is 0 Å². The monoisotopic (exact) mass is 195 g/mol. The number of hydrogen-bond acceptors (Lipinski definition) is 1. The third-order valence-corrected chi connectivity index (χ3v) is 4.32. The van der Waals surface area contributed by atoms with Crippen molar-refractivity contribution in [2.24, 2.45) is 11.3 Å². The summed E-state index contributed by atoms with van der Waals surface area (Å²) in [5, 5.41) is 3.77. The molecule has 1 heteroatoms. The fraction of sp³-hybridized carbons (Fsp3) is 1.00. The first kappa shape index (κ1) is 10.5. The summed E-state index contributed by atoms with van der Waals surface area (Å²) < 4.78 is 0. The Bertz CT molecular complexity index is 180. The lowest BCUT2D eigenvalue weighted by atomic mass is 9.66. The van der Waals surface area contributed by atoms with Crippen LogP contribution < -0.4 is 5.32 Å². The molecule has 0 aliphatic heterocycles. The molecule has 0 heterocycles. The van der Waals surface area contributed by atoms with Crippen LogP contribution in [-0.4, -0.2) is 12.6 Å². The average Bonchev–Trinajstić information content (AvgIpc) is 2.91. The summed E-state index contributed by atoms with van der Waals surface area (Å²) in [7, 11) is 0. The zero-order valence-corrected chi connectivity index (χ0v) is 9.81. The Morgan fingerprint density at radius 3 is 2.50 bits per heavy atom. The Kier molecular flexibility index (Phi) is 3.16. The van der Waals surface area contributed by atoms with Crippen molar-refractivity contribution in [1.29, 1.82) is 0 Å². The van der Waals surface area contributed by atoms with E-state index in [0.29, 0.717) is 5.41 Å². The van der Waals surface area contributed by atoms with E-state index in [4.69, 9.17) is 0 Å². The largest absolute Gasteiger partial charge is 0.313 e. The molecular weight excluding hydrogens is 170 g/mol. The van der Waals surface area contributed by atoms with Crippen LogP contribution in [0, 0.1) is 11.3 Å². The first-order valence-corrected chi connectivity index (χ1v) is 6.49. The van der Waals surface area contributed by atoms with Crippen LogP contribution >= 0.6 is 0 Å². The fourth-order valence-corrected chi connectivity index (χ4v) is 2.86. The van der Waals surface area contributed by atoms with E-state index in [1.54, 1.807) is 0 Å². The Morgan fingerprint density at radius 1 is 1.36 bits per heavy atom. The summed E-state index contributed by atoms with van der Waals surface area (Å²) in [6.07, 6.45) is 10.2. The molecule has 82 valence electrons. The number of nitrogens with one attached hydrogen (secondary N) is 1. The van der Waals surface area contributed by atoms with E-state index in [-0.39, 0.29) is 0 Å². The molecule has 1 atom stereocenters. The lowest BCUT2D eigenvalue weighted by Crippen LogP contribution is -2.43. The molecule has 2 aliphatic rings. The van der Waals surface area contributed by atoms with E-state index in [2.05, 4.69) is 19.2 Å². The topological polar surface area (TPSA) is 12.0 Å². The highest BCUT2D eigenvalue weighted by Gasteiger charge is 2.37. The first-order valence-electron chi connectivity index (χ1n) is 6.49. The molecule has 1 N–H and O–H groups in total.